The Kier molecular flexibility index (Phi) is 6.24. The minimum absolute atomic E-state index is 0.0991. The standard InChI is InChI=1S/C19H20ClNO2/c1-14-7-3-6-10-18(14)23-13-15(2)21-19(22)12-11-16-8-4-5-9-17(16)20/h3-12,15H,13H2,1-2H3,(H,21,22)/b12-11+. The molecular weight excluding hydrogens is 310 g/mol. The Morgan fingerprint density at radius 1 is 1.22 bits per heavy atom. The summed E-state index contributed by atoms with van der Waals surface area (Å²) in [6.07, 6.45) is 3.18. The lowest BCUT2D eigenvalue weighted by atomic mass is 10.2. The van der Waals surface area contributed by atoms with E-state index in [9.17, 15) is 4.79 Å². The summed E-state index contributed by atoms with van der Waals surface area (Å²) in [6.45, 7) is 4.31. The van der Waals surface area contributed by atoms with Gasteiger partial charge >= 0.3 is 0 Å². The third-order valence-corrected chi connectivity index (χ3v) is 3.63. The van der Waals surface area contributed by atoms with Crippen LogP contribution < -0.4 is 10.1 Å². The zero-order chi connectivity index (χ0) is 16.7. The number of hydrogen-bond donors (Lipinski definition) is 1. The lowest BCUT2D eigenvalue weighted by Gasteiger charge is -2.15. The summed E-state index contributed by atoms with van der Waals surface area (Å²) in [6, 6.07) is 15.1. The molecule has 0 radical (unpaired) electrons. The molecule has 0 fully saturated rings. The van der Waals surface area contributed by atoms with Crippen LogP contribution in [0.5, 0.6) is 5.75 Å². The van der Waals surface area contributed by atoms with Crippen molar-refractivity contribution in [3.05, 3.63) is 70.8 Å². The zero-order valence-electron chi connectivity index (χ0n) is 13.3. The topological polar surface area (TPSA) is 38.3 Å². The first-order chi connectivity index (χ1) is 11.1. The third kappa shape index (κ3) is 5.46. The Hall–Kier alpha value is -2.26. The molecule has 0 heterocycles. The summed E-state index contributed by atoms with van der Waals surface area (Å²) in [5.41, 5.74) is 1.89. The van der Waals surface area contributed by atoms with E-state index in [4.69, 9.17) is 16.3 Å². The Balaban J connectivity index is 1.83. The van der Waals surface area contributed by atoms with Gasteiger partial charge in [0.15, 0.2) is 0 Å². The van der Waals surface area contributed by atoms with E-state index in [2.05, 4.69) is 5.32 Å². The van der Waals surface area contributed by atoms with E-state index in [1.54, 1.807) is 12.1 Å². The first kappa shape index (κ1) is 17.1. The number of ether oxygens (including phenoxy) is 1. The van der Waals surface area contributed by atoms with E-state index >= 15 is 0 Å². The van der Waals surface area contributed by atoms with Gasteiger partial charge < -0.3 is 10.1 Å². The van der Waals surface area contributed by atoms with Gasteiger partial charge in [-0.15, -0.1) is 0 Å². The fourth-order valence-corrected chi connectivity index (χ4v) is 2.24. The number of amides is 1. The normalized spacial score (nSPS) is 12.1. The van der Waals surface area contributed by atoms with Gasteiger partial charge in [0, 0.05) is 11.1 Å². The van der Waals surface area contributed by atoms with Crippen molar-refractivity contribution < 1.29 is 9.53 Å². The van der Waals surface area contributed by atoms with E-state index < -0.39 is 0 Å². The molecule has 2 rings (SSSR count). The SMILES string of the molecule is Cc1ccccc1OCC(C)NC(=O)/C=C/c1ccccc1Cl. The Labute approximate surface area is 141 Å². The second-order valence-corrected chi connectivity index (χ2v) is 5.75. The maximum Gasteiger partial charge on any atom is 0.244 e. The first-order valence-electron chi connectivity index (χ1n) is 7.48. The highest BCUT2D eigenvalue weighted by Crippen LogP contribution is 2.17. The molecule has 4 heteroatoms. The number of benzene rings is 2. The quantitative estimate of drug-likeness (QED) is 0.805. The van der Waals surface area contributed by atoms with Gasteiger partial charge in [-0.3, -0.25) is 4.79 Å². The van der Waals surface area contributed by atoms with Gasteiger partial charge in [-0.2, -0.15) is 0 Å². The van der Waals surface area contributed by atoms with Crippen LogP contribution in [0.25, 0.3) is 6.08 Å². The van der Waals surface area contributed by atoms with Gasteiger partial charge in [0.05, 0.1) is 6.04 Å². The van der Waals surface area contributed by atoms with Gasteiger partial charge in [0.25, 0.3) is 0 Å². The van der Waals surface area contributed by atoms with Crippen LogP contribution in [0, 0.1) is 6.92 Å². The van der Waals surface area contributed by atoms with Gasteiger partial charge in [-0.05, 0) is 43.2 Å². The predicted molar refractivity (Wildman–Crippen MR) is 94.8 cm³/mol. The summed E-state index contributed by atoms with van der Waals surface area (Å²) in [4.78, 5) is 11.9. The van der Waals surface area contributed by atoms with Crippen LogP contribution in [-0.2, 0) is 4.79 Å². The number of nitrogens with one attached hydrogen (secondary N) is 1. The van der Waals surface area contributed by atoms with Crippen LogP contribution in [0.4, 0.5) is 0 Å². The molecule has 0 aliphatic heterocycles. The predicted octanol–water partition coefficient (Wildman–Crippen LogP) is 4.25. The largest absolute Gasteiger partial charge is 0.491 e. The number of hydrogen-bond acceptors (Lipinski definition) is 2. The number of para-hydroxylation sites is 1. The third-order valence-electron chi connectivity index (χ3n) is 3.29. The van der Waals surface area contributed by atoms with Crippen molar-refractivity contribution >= 4 is 23.6 Å². The number of aryl methyl sites for hydroxylation is 1. The summed E-state index contributed by atoms with van der Waals surface area (Å²) in [7, 11) is 0. The van der Waals surface area contributed by atoms with Gasteiger partial charge in [-0.1, -0.05) is 48.0 Å². The molecule has 0 saturated carbocycles. The lowest BCUT2D eigenvalue weighted by molar-refractivity contribution is -0.117. The smallest absolute Gasteiger partial charge is 0.244 e. The summed E-state index contributed by atoms with van der Waals surface area (Å²) >= 11 is 6.04. The van der Waals surface area contributed by atoms with Crippen molar-refractivity contribution in [2.45, 2.75) is 19.9 Å². The highest BCUT2D eigenvalue weighted by Gasteiger charge is 2.07. The monoisotopic (exact) mass is 329 g/mol. The molecule has 0 aromatic heterocycles. The highest BCUT2D eigenvalue weighted by atomic mass is 35.5. The molecule has 1 atom stereocenters. The molecule has 1 unspecified atom stereocenters. The molecule has 1 amide bonds. The van der Waals surface area contributed by atoms with Crippen molar-refractivity contribution in [2.75, 3.05) is 6.61 Å². The van der Waals surface area contributed by atoms with Crippen LogP contribution in [0.15, 0.2) is 54.6 Å². The van der Waals surface area contributed by atoms with Crippen molar-refractivity contribution in [2.24, 2.45) is 0 Å². The molecule has 120 valence electrons. The van der Waals surface area contributed by atoms with Crippen LogP contribution in [-0.4, -0.2) is 18.6 Å². The minimum atomic E-state index is -0.175. The fraction of sp³-hybridized carbons (Fsp3) is 0.211. The van der Waals surface area contributed by atoms with E-state index in [0.717, 1.165) is 16.9 Å². The Morgan fingerprint density at radius 3 is 2.65 bits per heavy atom. The maximum absolute atomic E-state index is 11.9. The lowest BCUT2D eigenvalue weighted by Crippen LogP contribution is -2.35. The molecule has 0 spiro atoms. The average molecular weight is 330 g/mol. The van der Waals surface area contributed by atoms with Crippen LogP contribution >= 0.6 is 11.6 Å². The van der Waals surface area contributed by atoms with E-state index in [-0.39, 0.29) is 11.9 Å². The molecule has 0 aliphatic rings. The maximum atomic E-state index is 11.9. The van der Waals surface area contributed by atoms with E-state index in [0.29, 0.717) is 11.6 Å². The van der Waals surface area contributed by atoms with E-state index in [1.807, 2.05) is 56.3 Å². The first-order valence-corrected chi connectivity index (χ1v) is 7.85. The molecular formula is C19H20ClNO2. The molecule has 3 nitrogen and oxygen atoms in total. The fourth-order valence-electron chi connectivity index (χ4n) is 2.04. The van der Waals surface area contributed by atoms with Crippen molar-refractivity contribution in [1.82, 2.24) is 5.32 Å². The number of carbonyl (C=O) groups is 1. The van der Waals surface area contributed by atoms with Crippen molar-refractivity contribution in [3.8, 4) is 5.75 Å². The second kappa shape index (κ2) is 8.39. The van der Waals surface area contributed by atoms with Crippen LogP contribution in [0.2, 0.25) is 5.02 Å². The van der Waals surface area contributed by atoms with Gasteiger partial charge in [-0.25, -0.2) is 0 Å². The van der Waals surface area contributed by atoms with E-state index in [1.165, 1.54) is 6.08 Å². The molecule has 23 heavy (non-hydrogen) atoms. The molecule has 1 N–H and O–H groups in total. The Morgan fingerprint density at radius 2 is 1.91 bits per heavy atom. The highest BCUT2D eigenvalue weighted by molar-refractivity contribution is 6.32. The summed E-state index contributed by atoms with van der Waals surface area (Å²) < 4.78 is 5.72. The number of halogens is 1. The van der Waals surface area contributed by atoms with Crippen molar-refractivity contribution in [1.29, 1.82) is 0 Å². The molecule has 0 bridgehead atoms. The zero-order valence-corrected chi connectivity index (χ0v) is 14.0. The molecule has 2 aromatic rings. The molecule has 0 saturated heterocycles. The van der Waals surface area contributed by atoms with Crippen LogP contribution in [0.3, 0.4) is 0 Å². The number of carbonyl (C=O) groups excluding carboxylic acids is 1. The molecule has 0 aliphatic carbocycles. The minimum Gasteiger partial charge on any atom is -0.491 e. The van der Waals surface area contributed by atoms with Gasteiger partial charge in [0.1, 0.15) is 12.4 Å². The molecule has 2 aromatic carbocycles. The van der Waals surface area contributed by atoms with Crippen molar-refractivity contribution in [3.63, 3.8) is 0 Å². The second-order valence-electron chi connectivity index (χ2n) is 5.34. The number of rotatable bonds is 6. The summed E-state index contributed by atoms with van der Waals surface area (Å²) in [5.74, 6) is 0.658. The van der Waals surface area contributed by atoms with Crippen LogP contribution in [0.1, 0.15) is 18.1 Å². The van der Waals surface area contributed by atoms with Gasteiger partial charge in [0.2, 0.25) is 5.91 Å². The Bertz CT molecular complexity index is 697. The summed E-state index contributed by atoms with van der Waals surface area (Å²) in [5, 5.41) is 3.48. The average Bonchev–Trinajstić information content (AvgIpc) is 2.53.